The summed E-state index contributed by atoms with van der Waals surface area (Å²) in [7, 11) is 1.35. The van der Waals surface area contributed by atoms with Crippen LogP contribution in [0.1, 0.15) is 64.6 Å². The van der Waals surface area contributed by atoms with Crippen molar-refractivity contribution in [1.82, 2.24) is 15.0 Å². The molecule has 1 aliphatic carbocycles. The fraction of sp³-hybridized carbons (Fsp3) is 0.412. The van der Waals surface area contributed by atoms with Gasteiger partial charge in [-0.25, -0.2) is 9.48 Å². The molecule has 0 bridgehead atoms. The Morgan fingerprint density at radius 2 is 1.91 bits per heavy atom. The lowest BCUT2D eigenvalue weighted by Gasteiger charge is -2.22. The topological polar surface area (TPSA) is 74.1 Å². The van der Waals surface area contributed by atoms with Gasteiger partial charge in [-0.1, -0.05) is 24.5 Å². The summed E-state index contributed by atoms with van der Waals surface area (Å²) in [6, 6.07) is 6.96. The first-order chi connectivity index (χ1) is 11.2. The van der Waals surface area contributed by atoms with Gasteiger partial charge in [0.1, 0.15) is 5.69 Å². The minimum atomic E-state index is -0.378. The number of aldehydes is 1. The third-order valence-electron chi connectivity index (χ3n) is 4.37. The van der Waals surface area contributed by atoms with Crippen molar-refractivity contribution in [3.8, 4) is 5.69 Å². The maximum Gasteiger partial charge on any atom is 0.337 e. The standard InChI is InChI=1S/C17H19N3O3/c1-23-17(22)13-7-9-14(10-8-13)20-16(15(11-21)18-19-20)12-5-3-2-4-6-12/h7-12H,2-6H2,1H3. The van der Waals surface area contributed by atoms with Crippen molar-refractivity contribution in [2.45, 2.75) is 38.0 Å². The van der Waals surface area contributed by atoms with Crippen LogP contribution >= 0.6 is 0 Å². The summed E-state index contributed by atoms with van der Waals surface area (Å²) >= 11 is 0. The van der Waals surface area contributed by atoms with Crippen molar-refractivity contribution >= 4 is 12.3 Å². The monoisotopic (exact) mass is 313 g/mol. The average Bonchev–Trinajstić information content (AvgIpc) is 3.06. The van der Waals surface area contributed by atoms with Crippen LogP contribution < -0.4 is 0 Å². The van der Waals surface area contributed by atoms with E-state index in [1.54, 1.807) is 28.9 Å². The highest BCUT2D eigenvalue weighted by Gasteiger charge is 2.25. The Balaban J connectivity index is 1.97. The fourth-order valence-electron chi connectivity index (χ4n) is 3.19. The normalized spacial score (nSPS) is 15.3. The van der Waals surface area contributed by atoms with Crippen molar-refractivity contribution < 1.29 is 14.3 Å². The second-order valence-electron chi connectivity index (χ2n) is 5.76. The third kappa shape index (κ3) is 3.02. The van der Waals surface area contributed by atoms with E-state index < -0.39 is 0 Å². The number of carbonyl (C=O) groups excluding carboxylic acids is 2. The second-order valence-corrected chi connectivity index (χ2v) is 5.76. The van der Waals surface area contributed by atoms with E-state index in [0.29, 0.717) is 17.2 Å². The van der Waals surface area contributed by atoms with Crippen LogP contribution in [-0.2, 0) is 4.74 Å². The Bertz CT molecular complexity index is 700. The molecule has 1 fully saturated rings. The van der Waals surface area contributed by atoms with Gasteiger partial charge in [0.15, 0.2) is 6.29 Å². The van der Waals surface area contributed by atoms with Crippen molar-refractivity contribution in [1.29, 1.82) is 0 Å². The maximum atomic E-state index is 11.5. The molecule has 0 unspecified atom stereocenters. The minimum Gasteiger partial charge on any atom is -0.465 e. The zero-order chi connectivity index (χ0) is 16.2. The smallest absolute Gasteiger partial charge is 0.337 e. The lowest BCUT2D eigenvalue weighted by atomic mass is 9.86. The molecule has 23 heavy (non-hydrogen) atoms. The first kappa shape index (κ1) is 15.4. The summed E-state index contributed by atoms with van der Waals surface area (Å²) in [5.41, 5.74) is 2.56. The van der Waals surface area contributed by atoms with E-state index >= 15 is 0 Å². The highest BCUT2D eigenvalue weighted by atomic mass is 16.5. The Labute approximate surface area is 134 Å². The molecule has 1 aromatic heterocycles. The molecule has 0 saturated heterocycles. The molecule has 1 saturated carbocycles. The predicted octanol–water partition coefficient (Wildman–Crippen LogP) is 2.91. The van der Waals surface area contributed by atoms with Gasteiger partial charge in [0.2, 0.25) is 0 Å². The number of hydrogen-bond acceptors (Lipinski definition) is 5. The average molecular weight is 313 g/mol. The van der Waals surface area contributed by atoms with Gasteiger partial charge in [0.25, 0.3) is 0 Å². The number of rotatable bonds is 4. The van der Waals surface area contributed by atoms with E-state index in [9.17, 15) is 9.59 Å². The van der Waals surface area contributed by atoms with Gasteiger partial charge >= 0.3 is 5.97 Å². The molecular formula is C17H19N3O3. The summed E-state index contributed by atoms with van der Waals surface area (Å²) in [6.45, 7) is 0. The summed E-state index contributed by atoms with van der Waals surface area (Å²) in [5.74, 6) is -0.0736. The molecule has 3 rings (SSSR count). The van der Waals surface area contributed by atoms with Gasteiger partial charge in [-0.3, -0.25) is 4.79 Å². The number of benzene rings is 1. The molecule has 1 aliphatic rings. The molecule has 0 amide bonds. The molecular weight excluding hydrogens is 294 g/mol. The molecule has 0 N–H and O–H groups in total. The van der Waals surface area contributed by atoms with Gasteiger partial charge in [-0.15, -0.1) is 5.10 Å². The quantitative estimate of drug-likeness (QED) is 0.641. The number of esters is 1. The Hall–Kier alpha value is -2.50. The van der Waals surface area contributed by atoms with Crippen LogP contribution in [0.15, 0.2) is 24.3 Å². The van der Waals surface area contributed by atoms with Crippen molar-refractivity contribution in [3.05, 3.63) is 41.2 Å². The van der Waals surface area contributed by atoms with Gasteiger partial charge < -0.3 is 4.74 Å². The van der Waals surface area contributed by atoms with Crippen molar-refractivity contribution in [3.63, 3.8) is 0 Å². The predicted molar refractivity (Wildman–Crippen MR) is 83.9 cm³/mol. The summed E-state index contributed by atoms with van der Waals surface area (Å²) in [4.78, 5) is 22.8. The van der Waals surface area contributed by atoms with E-state index in [4.69, 9.17) is 4.74 Å². The van der Waals surface area contributed by atoms with E-state index in [1.165, 1.54) is 13.5 Å². The number of nitrogens with zero attached hydrogens (tertiary/aromatic N) is 3. The number of ether oxygens (including phenoxy) is 1. The van der Waals surface area contributed by atoms with Crippen molar-refractivity contribution in [2.24, 2.45) is 0 Å². The maximum absolute atomic E-state index is 11.5. The first-order valence-corrected chi connectivity index (χ1v) is 7.84. The first-order valence-electron chi connectivity index (χ1n) is 7.84. The van der Waals surface area contributed by atoms with E-state index in [0.717, 1.165) is 43.4 Å². The highest BCUT2D eigenvalue weighted by Crippen LogP contribution is 2.34. The SMILES string of the molecule is COC(=O)c1ccc(-n2nnc(C=O)c2C2CCCCC2)cc1. The van der Waals surface area contributed by atoms with Gasteiger partial charge in [-0.05, 0) is 37.1 Å². The molecule has 120 valence electrons. The Morgan fingerprint density at radius 3 is 2.52 bits per heavy atom. The Kier molecular flexibility index (Phi) is 4.50. The van der Waals surface area contributed by atoms with Crippen LogP contribution in [-0.4, -0.2) is 34.4 Å². The lowest BCUT2D eigenvalue weighted by Crippen LogP contribution is -2.13. The largest absolute Gasteiger partial charge is 0.465 e. The zero-order valence-electron chi connectivity index (χ0n) is 13.1. The van der Waals surface area contributed by atoms with E-state index in [2.05, 4.69) is 10.3 Å². The number of aromatic nitrogens is 3. The summed E-state index contributed by atoms with van der Waals surface area (Å²) < 4.78 is 6.43. The second kappa shape index (κ2) is 6.73. The molecule has 1 aromatic carbocycles. The van der Waals surface area contributed by atoms with Gasteiger partial charge in [0.05, 0.1) is 24.1 Å². The molecule has 0 aliphatic heterocycles. The molecule has 0 spiro atoms. The molecule has 1 heterocycles. The highest BCUT2D eigenvalue weighted by molar-refractivity contribution is 5.89. The van der Waals surface area contributed by atoms with Crippen LogP contribution in [0.25, 0.3) is 5.69 Å². The van der Waals surface area contributed by atoms with Crippen LogP contribution in [0, 0.1) is 0 Å². The zero-order valence-corrected chi connectivity index (χ0v) is 13.1. The van der Waals surface area contributed by atoms with Crippen LogP contribution in [0.2, 0.25) is 0 Å². The van der Waals surface area contributed by atoms with Gasteiger partial charge in [-0.2, -0.15) is 0 Å². The third-order valence-corrected chi connectivity index (χ3v) is 4.37. The minimum absolute atomic E-state index is 0.305. The van der Waals surface area contributed by atoms with E-state index in [1.807, 2.05) is 0 Å². The fourth-order valence-corrected chi connectivity index (χ4v) is 3.19. The van der Waals surface area contributed by atoms with Crippen LogP contribution in [0.4, 0.5) is 0 Å². The summed E-state index contributed by atoms with van der Waals surface area (Å²) in [6.07, 6.45) is 6.44. The van der Waals surface area contributed by atoms with Crippen molar-refractivity contribution in [2.75, 3.05) is 7.11 Å². The number of methoxy groups -OCH3 is 1. The lowest BCUT2D eigenvalue weighted by molar-refractivity contribution is 0.0600. The van der Waals surface area contributed by atoms with Crippen LogP contribution in [0.3, 0.4) is 0 Å². The molecule has 6 nitrogen and oxygen atoms in total. The molecule has 6 heteroatoms. The van der Waals surface area contributed by atoms with Crippen LogP contribution in [0.5, 0.6) is 0 Å². The summed E-state index contributed by atoms with van der Waals surface area (Å²) in [5, 5.41) is 8.16. The van der Waals surface area contributed by atoms with E-state index in [-0.39, 0.29) is 5.97 Å². The number of hydrogen-bond donors (Lipinski definition) is 0. The van der Waals surface area contributed by atoms with Gasteiger partial charge in [0, 0.05) is 5.92 Å². The molecule has 2 aromatic rings. The molecule has 0 radical (unpaired) electrons. The molecule has 0 atom stereocenters. The number of carbonyl (C=O) groups is 2. The Morgan fingerprint density at radius 1 is 1.22 bits per heavy atom.